The lowest BCUT2D eigenvalue weighted by Crippen LogP contribution is -2.47. The van der Waals surface area contributed by atoms with Crippen molar-refractivity contribution < 1.29 is 14.7 Å². The molecular weight excluding hydrogens is 442 g/mol. The van der Waals surface area contributed by atoms with Gasteiger partial charge in [0.25, 0.3) is 0 Å². The number of nitrogens with zero attached hydrogens (tertiary/aromatic N) is 1. The van der Waals surface area contributed by atoms with Crippen LogP contribution in [0.15, 0.2) is 36.4 Å². The third kappa shape index (κ3) is 4.72. The molecule has 1 aromatic carbocycles. The van der Waals surface area contributed by atoms with Crippen LogP contribution in [0.25, 0.3) is 5.57 Å². The lowest BCUT2D eigenvalue weighted by Gasteiger charge is -2.38. The van der Waals surface area contributed by atoms with Gasteiger partial charge in [0.15, 0.2) is 0 Å². The fraction of sp³-hybridized carbons (Fsp3) is 0.517. The van der Waals surface area contributed by atoms with Gasteiger partial charge in [-0.2, -0.15) is 0 Å². The van der Waals surface area contributed by atoms with Gasteiger partial charge in [0, 0.05) is 16.8 Å². The van der Waals surface area contributed by atoms with E-state index in [-0.39, 0.29) is 17.9 Å². The number of anilines is 1. The maximum atomic E-state index is 14.1. The molecule has 1 atom stereocenters. The minimum Gasteiger partial charge on any atom is -0.477 e. The van der Waals surface area contributed by atoms with E-state index in [9.17, 15) is 14.7 Å². The number of carbonyl (C=O) groups excluding carboxylic acids is 1. The number of rotatable bonds is 5. The normalized spacial score (nSPS) is 24.7. The van der Waals surface area contributed by atoms with Crippen LogP contribution >= 0.6 is 11.3 Å². The highest BCUT2D eigenvalue weighted by atomic mass is 32.1. The number of carboxylic acids is 1. The van der Waals surface area contributed by atoms with Crippen LogP contribution in [0.3, 0.4) is 0 Å². The molecule has 1 amide bonds. The summed E-state index contributed by atoms with van der Waals surface area (Å²) < 4.78 is 0. The van der Waals surface area contributed by atoms with Gasteiger partial charge in [-0.25, -0.2) is 4.79 Å². The highest BCUT2D eigenvalue weighted by molar-refractivity contribution is 7.15. The molecule has 0 aliphatic heterocycles. The standard InChI is InChI=1S/C29H35NO3S/c1-19-11-13-22(14-12-19)28(31)30(24-16-15-20-7-5-6-10-23(20)17-24)25-18-26(34-27(25)29(32)33)21-8-3-2-4-9-21/h5-8,10,18-19,22,24H,2-4,9,11-17H2,1H3,(H,32,33). The number of fused-ring (bicyclic) bond motifs is 1. The highest BCUT2D eigenvalue weighted by Gasteiger charge is 2.37. The zero-order valence-electron chi connectivity index (χ0n) is 20.1. The first kappa shape index (κ1) is 23.3. The number of aryl methyl sites for hydroxylation is 1. The summed E-state index contributed by atoms with van der Waals surface area (Å²) in [4.78, 5) is 29.8. The van der Waals surface area contributed by atoms with Crippen molar-refractivity contribution in [1.82, 2.24) is 0 Å². The molecule has 34 heavy (non-hydrogen) atoms. The Hall–Kier alpha value is -2.40. The number of hydrogen-bond acceptors (Lipinski definition) is 3. The van der Waals surface area contributed by atoms with Crippen molar-refractivity contribution in [2.24, 2.45) is 11.8 Å². The molecule has 5 heteroatoms. The fourth-order valence-corrected chi connectivity index (χ4v) is 7.09. The van der Waals surface area contributed by atoms with Gasteiger partial charge >= 0.3 is 5.97 Å². The first-order chi connectivity index (χ1) is 16.5. The molecule has 1 fully saturated rings. The van der Waals surface area contributed by atoms with Crippen molar-refractivity contribution in [1.29, 1.82) is 0 Å². The van der Waals surface area contributed by atoms with Gasteiger partial charge in [-0.1, -0.05) is 37.3 Å². The number of amides is 1. The van der Waals surface area contributed by atoms with Gasteiger partial charge in [-0.3, -0.25) is 4.79 Å². The van der Waals surface area contributed by atoms with Crippen LogP contribution in [-0.4, -0.2) is 23.0 Å². The van der Waals surface area contributed by atoms with Crippen molar-refractivity contribution >= 4 is 34.5 Å². The average molecular weight is 478 g/mol. The van der Waals surface area contributed by atoms with E-state index in [0.29, 0.717) is 16.5 Å². The zero-order chi connectivity index (χ0) is 23.7. The van der Waals surface area contributed by atoms with Crippen LogP contribution in [0.4, 0.5) is 5.69 Å². The summed E-state index contributed by atoms with van der Waals surface area (Å²) in [6.45, 7) is 2.27. The lowest BCUT2D eigenvalue weighted by molar-refractivity contribution is -0.124. The number of aromatic carboxylic acids is 1. The Morgan fingerprint density at radius 1 is 1.00 bits per heavy atom. The molecule has 0 spiro atoms. The Kier molecular flexibility index (Phi) is 6.91. The van der Waals surface area contributed by atoms with Gasteiger partial charge < -0.3 is 10.0 Å². The molecule has 2 aromatic rings. The largest absolute Gasteiger partial charge is 0.477 e. The Morgan fingerprint density at radius 2 is 1.76 bits per heavy atom. The van der Waals surface area contributed by atoms with Crippen LogP contribution in [0.5, 0.6) is 0 Å². The first-order valence-corrected chi connectivity index (χ1v) is 13.8. The molecule has 0 radical (unpaired) electrons. The zero-order valence-corrected chi connectivity index (χ0v) is 20.9. The maximum absolute atomic E-state index is 14.1. The van der Waals surface area contributed by atoms with Crippen LogP contribution < -0.4 is 4.90 Å². The van der Waals surface area contributed by atoms with Crippen molar-refractivity contribution in [3.05, 3.63) is 57.3 Å². The van der Waals surface area contributed by atoms with E-state index in [0.717, 1.165) is 69.1 Å². The molecule has 1 saturated carbocycles. The predicted octanol–water partition coefficient (Wildman–Crippen LogP) is 7.12. The molecule has 3 aliphatic carbocycles. The summed E-state index contributed by atoms with van der Waals surface area (Å²) >= 11 is 1.35. The minimum atomic E-state index is -0.922. The highest BCUT2D eigenvalue weighted by Crippen LogP contribution is 2.42. The van der Waals surface area contributed by atoms with Gasteiger partial charge in [0.1, 0.15) is 4.88 Å². The molecule has 180 valence electrons. The molecule has 0 saturated heterocycles. The third-order valence-corrected chi connectivity index (χ3v) is 9.25. The molecule has 1 aromatic heterocycles. The Labute approximate surface area is 206 Å². The summed E-state index contributed by atoms with van der Waals surface area (Å²) in [6, 6.07) is 10.5. The quantitative estimate of drug-likeness (QED) is 0.499. The number of benzene rings is 1. The predicted molar refractivity (Wildman–Crippen MR) is 139 cm³/mol. The van der Waals surface area contributed by atoms with Crippen molar-refractivity contribution in [3.8, 4) is 0 Å². The van der Waals surface area contributed by atoms with Crippen LogP contribution in [0.1, 0.15) is 90.4 Å². The van der Waals surface area contributed by atoms with Gasteiger partial charge in [0.05, 0.1) is 5.69 Å². The van der Waals surface area contributed by atoms with Crippen molar-refractivity contribution in [2.75, 3.05) is 4.90 Å². The molecule has 3 aliphatic rings. The molecule has 1 N–H and O–H groups in total. The lowest BCUT2D eigenvalue weighted by atomic mass is 9.81. The molecular formula is C29H35NO3S. The second kappa shape index (κ2) is 10.1. The maximum Gasteiger partial charge on any atom is 0.348 e. The van der Waals surface area contributed by atoms with Crippen LogP contribution in [0, 0.1) is 11.8 Å². The number of thiophene rings is 1. The number of hydrogen-bond donors (Lipinski definition) is 1. The second-order valence-corrected chi connectivity index (χ2v) is 11.5. The van der Waals surface area contributed by atoms with E-state index >= 15 is 0 Å². The van der Waals surface area contributed by atoms with Gasteiger partial charge in [0.2, 0.25) is 5.91 Å². The Balaban J connectivity index is 1.54. The second-order valence-electron chi connectivity index (χ2n) is 10.4. The van der Waals surface area contributed by atoms with E-state index in [1.54, 1.807) is 0 Å². The summed E-state index contributed by atoms with van der Waals surface area (Å²) in [7, 11) is 0. The number of carboxylic acid groups (broad SMARTS) is 1. The van der Waals surface area contributed by atoms with E-state index < -0.39 is 5.97 Å². The fourth-order valence-electron chi connectivity index (χ4n) is 6.03. The topological polar surface area (TPSA) is 57.6 Å². The van der Waals surface area contributed by atoms with Crippen LogP contribution in [0.2, 0.25) is 0 Å². The monoisotopic (exact) mass is 477 g/mol. The Morgan fingerprint density at radius 3 is 2.47 bits per heavy atom. The molecule has 1 heterocycles. The number of allylic oxidation sites excluding steroid dienone is 2. The first-order valence-electron chi connectivity index (χ1n) is 13.0. The summed E-state index contributed by atoms with van der Waals surface area (Å²) in [6.07, 6.45) is 13.2. The third-order valence-electron chi connectivity index (χ3n) is 8.06. The Bertz CT molecular complexity index is 1090. The van der Waals surface area contributed by atoms with Gasteiger partial charge in [-0.15, -0.1) is 11.3 Å². The number of carbonyl (C=O) groups is 2. The summed E-state index contributed by atoms with van der Waals surface area (Å²) in [5.41, 5.74) is 4.52. The summed E-state index contributed by atoms with van der Waals surface area (Å²) in [5.74, 6) is -0.124. The minimum absolute atomic E-state index is 0.00244. The van der Waals surface area contributed by atoms with E-state index in [1.807, 2.05) is 11.0 Å². The summed E-state index contributed by atoms with van der Waals surface area (Å²) in [5, 5.41) is 10.2. The average Bonchev–Trinajstić information content (AvgIpc) is 3.30. The van der Waals surface area contributed by atoms with E-state index in [4.69, 9.17) is 0 Å². The molecule has 5 rings (SSSR count). The molecule has 4 nitrogen and oxygen atoms in total. The molecule has 0 bridgehead atoms. The van der Waals surface area contributed by atoms with E-state index in [1.165, 1.54) is 34.5 Å². The van der Waals surface area contributed by atoms with E-state index in [2.05, 4.69) is 37.3 Å². The SMILES string of the molecule is CC1CCC(C(=O)N(c2cc(C3=CCCCC3)sc2C(=O)O)C2CCc3ccccc3C2)CC1. The van der Waals surface area contributed by atoms with Gasteiger partial charge in [-0.05, 0) is 99.3 Å². The smallest absolute Gasteiger partial charge is 0.348 e. The van der Waals surface area contributed by atoms with Crippen molar-refractivity contribution in [2.45, 2.75) is 83.6 Å². The van der Waals surface area contributed by atoms with Crippen molar-refractivity contribution in [3.63, 3.8) is 0 Å². The molecule has 1 unspecified atom stereocenters. The van der Waals surface area contributed by atoms with Crippen LogP contribution in [-0.2, 0) is 17.6 Å².